The molecule has 2 aromatic rings. The molecule has 2 amide bonds. The molecule has 2 aromatic carbocycles. The van der Waals surface area contributed by atoms with Gasteiger partial charge in [0.05, 0.1) is 5.69 Å². The third kappa shape index (κ3) is 5.04. The number of para-hydroxylation sites is 1. The fourth-order valence-electron chi connectivity index (χ4n) is 2.31. The first-order valence-corrected chi connectivity index (χ1v) is 8.04. The molecule has 0 aliphatic heterocycles. The summed E-state index contributed by atoms with van der Waals surface area (Å²) in [5.41, 5.74) is 3.89. The quantitative estimate of drug-likeness (QED) is 0.793. The minimum absolute atomic E-state index is 0.117. The Morgan fingerprint density at radius 2 is 1.60 bits per heavy atom. The summed E-state index contributed by atoms with van der Waals surface area (Å²) in [5.74, 6) is -1.28. The van der Waals surface area contributed by atoms with E-state index in [1.165, 1.54) is 24.3 Å². The number of hydrogen-bond acceptors (Lipinski definition) is 3. The second-order valence-electron chi connectivity index (χ2n) is 6.07. The Kier molecular flexibility index (Phi) is 6.11. The van der Waals surface area contributed by atoms with Crippen molar-refractivity contribution >= 4 is 17.5 Å². The van der Waals surface area contributed by atoms with E-state index in [1.807, 2.05) is 44.2 Å². The molecule has 5 nitrogen and oxygen atoms in total. The van der Waals surface area contributed by atoms with E-state index in [1.54, 1.807) is 12.1 Å². The molecule has 0 bridgehead atoms. The van der Waals surface area contributed by atoms with Crippen molar-refractivity contribution in [3.8, 4) is 0 Å². The van der Waals surface area contributed by atoms with Gasteiger partial charge in [0.25, 0.3) is 11.8 Å². The Bertz CT molecular complexity index is 717. The predicted molar refractivity (Wildman–Crippen MR) is 95.5 cm³/mol. The summed E-state index contributed by atoms with van der Waals surface area (Å²) in [7, 11) is 1.73. The normalized spacial score (nSPS) is 11.7. The molecule has 0 unspecified atom stereocenters. The Hall–Kier alpha value is -2.89. The van der Waals surface area contributed by atoms with Gasteiger partial charge in [0.1, 0.15) is 11.9 Å². The summed E-state index contributed by atoms with van der Waals surface area (Å²) in [6.45, 7) is 3.69. The Morgan fingerprint density at radius 1 is 1.00 bits per heavy atom. The number of carbonyl (C=O) groups is 2. The number of benzene rings is 2. The Morgan fingerprint density at radius 3 is 2.16 bits per heavy atom. The highest BCUT2D eigenvalue weighted by Gasteiger charge is 2.25. The van der Waals surface area contributed by atoms with Gasteiger partial charge in [0.2, 0.25) is 0 Å². The maximum absolute atomic E-state index is 13.0. The van der Waals surface area contributed by atoms with Crippen LogP contribution in [0.25, 0.3) is 0 Å². The molecule has 0 spiro atoms. The fourth-order valence-corrected chi connectivity index (χ4v) is 2.31. The van der Waals surface area contributed by atoms with Crippen LogP contribution in [0.1, 0.15) is 24.2 Å². The SMILES string of the molecule is CC(C)[C@H](NC(=O)c1ccc(F)cc1)C(=O)NN(C)c1ccccc1. The van der Waals surface area contributed by atoms with Gasteiger partial charge >= 0.3 is 0 Å². The number of anilines is 1. The topological polar surface area (TPSA) is 61.4 Å². The second kappa shape index (κ2) is 8.28. The molecular formula is C19H22FN3O2. The first-order chi connectivity index (χ1) is 11.9. The predicted octanol–water partition coefficient (Wildman–Crippen LogP) is 2.75. The summed E-state index contributed by atoms with van der Waals surface area (Å²) >= 11 is 0. The maximum Gasteiger partial charge on any atom is 0.261 e. The van der Waals surface area contributed by atoms with Crippen LogP contribution in [0.4, 0.5) is 10.1 Å². The average molecular weight is 343 g/mol. The van der Waals surface area contributed by atoms with Gasteiger partial charge in [0.15, 0.2) is 0 Å². The summed E-state index contributed by atoms with van der Waals surface area (Å²) in [5, 5.41) is 4.31. The van der Waals surface area contributed by atoms with Gasteiger partial charge in [-0.15, -0.1) is 0 Å². The molecule has 6 heteroatoms. The standard InChI is InChI=1S/C19H22FN3O2/c1-13(2)17(21-18(24)14-9-11-15(20)12-10-14)19(25)22-23(3)16-7-5-4-6-8-16/h4-13,17H,1-3H3,(H,21,24)(H,22,25)/t17-/m0/s1. The molecule has 2 rings (SSSR count). The molecule has 0 aliphatic carbocycles. The number of hydrogen-bond donors (Lipinski definition) is 2. The van der Waals surface area contributed by atoms with E-state index >= 15 is 0 Å². The van der Waals surface area contributed by atoms with Crippen molar-refractivity contribution in [3.63, 3.8) is 0 Å². The van der Waals surface area contributed by atoms with Crippen LogP contribution in [0.15, 0.2) is 54.6 Å². The van der Waals surface area contributed by atoms with Gasteiger partial charge < -0.3 is 5.32 Å². The van der Waals surface area contributed by atoms with Crippen molar-refractivity contribution < 1.29 is 14.0 Å². The van der Waals surface area contributed by atoms with Crippen LogP contribution in [-0.4, -0.2) is 24.9 Å². The van der Waals surface area contributed by atoms with E-state index in [2.05, 4.69) is 10.7 Å². The number of hydrazine groups is 1. The highest BCUT2D eigenvalue weighted by Crippen LogP contribution is 2.10. The molecular weight excluding hydrogens is 321 g/mol. The molecule has 1 atom stereocenters. The molecule has 2 N–H and O–H groups in total. The number of nitrogens with one attached hydrogen (secondary N) is 2. The highest BCUT2D eigenvalue weighted by atomic mass is 19.1. The third-order valence-corrected chi connectivity index (χ3v) is 3.76. The molecule has 0 fully saturated rings. The lowest BCUT2D eigenvalue weighted by atomic mass is 10.0. The minimum atomic E-state index is -0.719. The minimum Gasteiger partial charge on any atom is -0.340 e. The van der Waals surface area contributed by atoms with Gasteiger partial charge in [-0.2, -0.15) is 0 Å². The molecule has 0 heterocycles. The van der Waals surface area contributed by atoms with Crippen LogP contribution in [0, 0.1) is 11.7 Å². The molecule has 0 radical (unpaired) electrons. The largest absolute Gasteiger partial charge is 0.340 e. The van der Waals surface area contributed by atoms with Crippen LogP contribution < -0.4 is 15.8 Å². The lowest BCUT2D eigenvalue weighted by Gasteiger charge is -2.26. The van der Waals surface area contributed by atoms with Crippen LogP contribution in [0.5, 0.6) is 0 Å². The zero-order chi connectivity index (χ0) is 18.4. The number of halogens is 1. The van der Waals surface area contributed by atoms with E-state index in [-0.39, 0.29) is 11.8 Å². The van der Waals surface area contributed by atoms with Crippen molar-refractivity contribution in [3.05, 3.63) is 66.0 Å². The number of rotatable bonds is 6. The zero-order valence-corrected chi connectivity index (χ0v) is 14.5. The molecule has 0 aromatic heterocycles. The van der Waals surface area contributed by atoms with Gasteiger partial charge in [-0.1, -0.05) is 32.0 Å². The Labute approximate surface area is 146 Å². The van der Waals surface area contributed by atoms with Crippen molar-refractivity contribution in [2.75, 3.05) is 12.1 Å². The lowest BCUT2D eigenvalue weighted by Crippen LogP contribution is -2.53. The number of carbonyl (C=O) groups excluding carboxylic acids is 2. The van der Waals surface area contributed by atoms with E-state index in [9.17, 15) is 14.0 Å². The highest BCUT2D eigenvalue weighted by molar-refractivity contribution is 5.97. The molecule has 0 saturated heterocycles. The van der Waals surface area contributed by atoms with Crippen molar-refractivity contribution in [1.82, 2.24) is 10.7 Å². The number of nitrogens with zero attached hydrogens (tertiary/aromatic N) is 1. The summed E-state index contributed by atoms with van der Waals surface area (Å²) < 4.78 is 13.0. The monoisotopic (exact) mass is 343 g/mol. The Balaban J connectivity index is 2.05. The van der Waals surface area contributed by atoms with Crippen LogP contribution in [0.3, 0.4) is 0 Å². The van der Waals surface area contributed by atoms with Gasteiger partial charge in [-0.3, -0.25) is 20.0 Å². The summed E-state index contributed by atoms with van der Waals surface area (Å²) in [4.78, 5) is 24.9. The van der Waals surface area contributed by atoms with Crippen LogP contribution >= 0.6 is 0 Å². The zero-order valence-electron chi connectivity index (χ0n) is 14.5. The molecule has 25 heavy (non-hydrogen) atoms. The first kappa shape index (κ1) is 18.4. The molecule has 0 aliphatic rings. The first-order valence-electron chi connectivity index (χ1n) is 8.04. The summed E-state index contributed by atoms with van der Waals surface area (Å²) in [6.07, 6.45) is 0. The van der Waals surface area contributed by atoms with E-state index in [0.29, 0.717) is 5.56 Å². The smallest absolute Gasteiger partial charge is 0.261 e. The van der Waals surface area contributed by atoms with Gasteiger partial charge in [-0.05, 0) is 42.3 Å². The van der Waals surface area contributed by atoms with Crippen LogP contribution in [0.2, 0.25) is 0 Å². The summed E-state index contributed by atoms with van der Waals surface area (Å²) in [6, 6.07) is 13.8. The van der Waals surface area contributed by atoms with Crippen LogP contribution in [-0.2, 0) is 4.79 Å². The van der Waals surface area contributed by atoms with Gasteiger partial charge in [-0.25, -0.2) is 4.39 Å². The molecule has 0 saturated carbocycles. The van der Waals surface area contributed by atoms with Crippen molar-refractivity contribution in [1.29, 1.82) is 0 Å². The van der Waals surface area contributed by atoms with Gasteiger partial charge in [0, 0.05) is 12.6 Å². The van der Waals surface area contributed by atoms with E-state index in [0.717, 1.165) is 5.69 Å². The van der Waals surface area contributed by atoms with Crippen molar-refractivity contribution in [2.45, 2.75) is 19.9 Å². The number of amides is 2. The van der Waals surface area contributed by atoms with Crippen molar-refractivity contribution in [2.24, 2.45) is 5.92 Å². The maximum atomic E-state index is 13.0. The van der Waals surface area contributed by atoms with E-state index < -0.39 is 17.8 Å². The second-order valence-corrected chi connectivity index (χ2v) is 6.07. The fraction of sp³-hybridized carbons (Fsp3) is 0.263. The third-order valence-electron chi connectivity index (χ3n) is 3.76. The lowest BCUT2D eigenvalue weighted by molar-refractivity contribution is -0.124. The van der Waals surface area contributed by atoms with E-state index in [4.69, 9.17) is 0 Å². The molecule has 132 valence electrons. The average Bonchev–Trinajstić information content (AvgIpc) is 2.60.